The number of fused-ring (bicyclic) bond motifs is 1. The highest BCUT2D eigenvalue weighted by atomic mass is 35.5. The number of nitrogen functional groups attached to an aromatic ring is 1. The van der Waals surface area contributed by atoms with Crippen LogP contribution < -0.4 is 10.5 Å². The first kappa shape index (κ1) is 14.4. The molecule has 6 heteroatoms. The van der Waals surface area contributed by atoms with Gasteiger partial charge in [-0.3, -0.25) is 0 Å². The summed E-state index contributed by atoms with van der Waals surface area (Å²) in [5.41, 5.74) is 8.37. The van der Waals surface area contributed by atoms with Gasteiger partial charge in [-0.1, -0.05) is 41.9 Å². The molecule has 2 aromatic rings. The molecule has 1 unspecified atom stereocenters. The van der Waals surface area contributed by atoms with Gasteiger partial charge in [-0.25, -0.2) is 13.1 Å². The molecule has 0 spiro atoms. The molecule has 0 saturated heterocycles. The van der Waals surface area contributed by atoms with E-state index in [1.807, 2.05) is 18.2 Å². The van der Waals surface area contributed by atoms with E-state index >= 15 is 0 Å². The predicted molar refractivity (Wildman–Crippen MR) is 83.9 cm³/mol. The van der Waals surface area contributed by atoms with E-state index in [2.05, 4.69) is 10.8 Å². The van der Waals surface area contributed by atoms with Crippen molar-refractivity contribution in [3.05, 3.63) is 58.6 Å². The lowest BCUT2D eigenvalue weighted by Crippen LogP contribution is -2.33. The summed E-state index contributed by atoms with van der Waals surface area (Å²) in [5, 5.41) is 0.136. The fourth-order valence-corrected chi connectivity index (χ4v) is 4.39. The molecule has 21 heavy (non-hydrogen) atoms. The summed E-state index contributed by atoms with van der Waals surface area (Å²) >= 11 is 5.96. The van der Waals surface area contributed by atoms with Crippen LogP contribution in [0.15, 0.2) is 47.4 Å². The number of nitrogens with two attached hydrogens (primary N) is 1. The maximum atomic E-state index is 12.4. The third-order valence-electron chi connectivity index (χ3n) is 3.75. The van der Waals surface area contributed by atoms with Crippen LogP contribution in [0.4, 0.5) is 5.69 Å². The number of hydrogen-bond donors (Lipinski definition) is 2. The van der Waals surface area contributed by atoms with Gasteiger partial charge in [0.2, 0.25) is 10.0 Å². The fraction of sp³-hybridized carbons (Fsp3) is 0.200. The molecular formula is C15H15ClN2O2S. The monoisotopic (exact) mass is 322 g/mol. The summed E-state index contributed by atoms with van der Waals surface area (Å²) in [7, 11) is -3.70. The van der Waals surface area contributed by atoms with Crippen molar-refractivity contribution in [2.75, 3.05) is 12.3 Å². The normalized spacial score (nSPS) is 17.1. The Kier molecular flexibility index (Phi) is 3.65. The Bertz CT molecular complexity index is 770. The molecule has 110 valence electrons. The first-order valence-corrected chi connectivity index (χ1v) is 8.46. The Labute approximate surface area is 129 Å². The molecule has 0 fully saturated rings. The van der Waals surface area contributed by atoms with Gasteiger partial charge in [0, 0.05) is 12.5 Å². The van der Waals surface area contributed by atoms with Crippen LogP contribution in [0, 0.1) is 0 Å². The van der Waals surface area contributed by atoms with Gasteiger partial charge in [0.05, 0.1) is 10.7 Å². The average molecular weight is 323 g/mol. The van der Waals surface area contributed by atoms with Crippen LogP contribution in [0.5, 0.6) is 0 Å². The van der Waals surface area contributed by atoms with E-state index in [9.17, 15) is 8.42 Å². The van der Waals surface area contributed by atoms with Crippen molar-refractivity contribution in [2.45, 2.75) is 17.2 Å². The first-order chi connectivity index (χ1) is 9.99. The van der Waals surface area contributed by atoms with E-state index in [1.54, 1.807) is 6.07 Å². The molecule has 3 N–H and O–H groups in total. The molecule has 1 aliphatic carbocycles. The summed E-state index contributed by atoms with van der Waals surface area (Å²) in [4.78, 5) is -0.0423. The molecule has 0 aliphatic heterocycles. The number of halogens is 1. The summed E-state index contributed by atoms with van der Waals surface area (Å²) in [6, 6.07) is 12.7. The zero-order chi connectivity index (χ0) is 15.0. The summed E-state index contributed by atoms with van der Waals surface area (Å²) in [6.07, 6.45) is 0.886. The van der Waals surface area contributed by atoms with Crippen LogP contribution in [0.2, 0.25) is 5.02 Å². The van der Waals surface area contributed by atoms with Crippen molar-refractivity contribution in [3.8, 4) is 0 Å². The third-order valence-corrected chi connectivity index (χ3v) is 5.71. The molecule has 1 atom stereocenters. The summed E-state index contributed by atoms with van der Waals surface area (Å²) in [6.45, 7) is 0.351. The zero-order valence-electron chi connectivity index (χ0n) is 11.2. The van der Waals surface area contributed by atoms with Crippen molar-refractivity contribution in [1.82, 2.24) is 4.72 Å². The average Bonchev–Trinajstić information content (AvgIpc) is 2.39. The second kappa shape index (κ2) is 5.33. The van der Waals surface area contributed by atoms with Crippen LogP contribution in [-0.2, 0) is 16.4 Å². The molecule has 0 heterocycles. The second-order valence-corrected chi connectivity index (χ2v) is 7.22. The Hall–Kier alpha value is -1.56. The van der Waals surface area contributed by atoms with Crippen molar-refractivity contribution < 1.29 is 8.42 Å². The molecular weight excluding hydrogens is 308 g/mol. The Morgan fingerprint density at radius 3 is 2.67 bits per heavy atom. The van der Waals surface area contributed by atoms with Crippen molar-refractivity contribution in [1.29, 1.82) is 0 Å². The lowest BCUT2D eigenvalue weighted by molar-refractivity contribution is 0.552. The maximum absolute atomic E-state index is 12.4. The number of benzene rings is 2. The van der Waals surface area contributed by atoms with Crippen LogP contribution in [0.25, 0.3) is 0 Å². The van der Waals surface area contributed by atoms with Crippen LogP contribution >= 0.6 is 11.6 Å². The van der Waals surface area contributed by atoms with Crippen molar-refractivity contribution in [3.63, 3.8) is 0 Å². The van der Waals surface area contributed by atoms with E-state index in [0.717, 1.165) is 6.42 Å². The fourth-order valence-electron chi connectivity index (χ4n) is 2.64. The van der Waals surface area contributed by atoms with E-state index in [4.69, 9.17) is 17.3 Å². The molecule has 0 aromatic heterocycles. The lowest BCUT2D eigenvalue weighted by Gasteiger charge is -2.30. The molecule has 2 aromatic carbocycles. The van der Waals surface area contributed by atoms with Gasteiger partial charge in [-0.05, 0) is 29.7 Å². The Balaban J connectivity index is 1.77. The number of hydrogen-bond acceptors (Lipinski definition) is 3. The van der Waals surface area contributed by atoms with Gasteiger partial charge < -0.3 is 5.73 Å². The minimum Gasteiger partial charge on any atom is -0.398 e. The standard InChI is InChI=1S/C15H15ClN2O2S/c16-13-6-3-7-14(17)15(13)21(19,20)18-9-11-8-10-4-1-2-5-12(10)11/h1-7,11,18H,8-9,17H2. The zero-order valence-corrected chi connectivity index (χ0v) is 12.8. The lowest BCUT2D eigenvalue weighted by atomic mass is 9.78. The van der Waals surface area contributed by atoms with Crippen LogP contribution in [0.1, 0.15) is 17.0 Å². The number of rotatable bonds is 4. The molecule has 3 rings (SSSR count). The SMILES string of the molecule is Nc1cccc(Cl)c1S(=O)(=O)NCC1Cc2ccccc21. The van der Waals surface area contributed by atoms with Crippen molar-refractivity contribution in [2.24, 2.45) is 0 Å². The Morgan fingerprint density at radius 2 is 1.95 bits per heavy atom. The number of sulfonamides is 1. The molecule has 0 bridgehead atoms. The molecule has 0 amide bonds. The quantitative estimate of drug-likeness (QED) is 0.850. The van der Waals surface area contributed by atoms with Gasteiger partial charge in [0.15, 0.2) is 0 Å². The minimum atomic E-state index is -3.70. The van der Waals surface area contributed by atoms with Gasteiger partial charge >= 0.3 is 0 Å². The van der Waals surface area contributed by atoms with E-state index in [1.165, 1.54) is 23.3 Å². The maximum Gasteiger partial charge on any atom is 0.244 e. The van der Waals surface area contributed by atoms with E-state index in [0.29, 0.717) is 6.54 Å². The van der Waals surface area contributed by atoms with Gasteiger partial charge in [-0.2, -0.15) is 0 Å². The highest BCUT2D eigenvalue weighted by Gasteiger charge is 2.28. The highest BCUT2D eigenvalue weighted by Crippen LogP contribution is 2.35. The Morgan fingerprint density at radius 1 is 1.19 bits per heavy atom. The third kappa shape index (κ3) is 2.64. The number of nitrogens with one attached hydrogen (secondary N) is 1. The van der Waals surface area contributed by atoms with E-state index in [-0.39, 0.29) is 21.5 Å². The van der Waals surface area contributed by atoms with Gasteiger partial charge in [0.25, 0.3) is 0 Å². The molecule has 4 nitrogen and oxygen atoms in total. The predicted octanol–water partition coefficient (Wildman–Crippen LogP) is 2.54. The van der Waals surface area contributed by atoms with Gasteiger partial charge in [-0.15, -0.1) is 0 Å². The second-order valence-electron chi connectivity index (χ2n) is 5.11. The summed E-state index contributed by atoms with van der Waals surface area (Å²) in [5.74, 6) is 0.208. The molecule has 0 radical (unpaired) electrons. The van der Waals surface area contributed by atoms with Crippen LogP contribution in [-0.4, -0.2) is 15.0 Å². The topological polar surface area (TPSA) is 72.2 Å². The molecule has 1 aliphatic rings. The van der Waals surface area contributed by atoms with Gasteiger partial charge in [0.1, 0.15) is 4.90 Å². The largest absolute Gasteiger partial charge is 0.398 e. The molecule has 0 saturated carbocycles. The smallest absolute Gasteiger partial charge is 0.244 e. The summed E-state index contributed by atoms with van der Waals surface area (Å²) < 4.78 is 27.3. The first-order valence-electron chi connectivity index (χ1n) is 6.60. The number of anilines is 1. The highest BCUT2D eigenvalue weighted by molar-refractivity contribution is 7.89. The van der Waals surface area contributed by atoms with Crippen molar-refractivity contribution >= 4 is 27.3 Å². The minimum absolute atomic E-state index is 0.0423. The van der Waals surface area contributed by atoms with Crippen LogP contribution in [0.3, 0.4) is 0 Å². The van der Waals surface area contributed by atoms with E-state index < -0.39 is 10.0 Å².